The van der Waals surface area contributed by atoms with E-state index in [0.717, 1.165) is 30.9 Å². The van der Waals surface area contributed by atoms with E-state index in [1.165, 1.54) is 12.1 Å². The number of sulfone groups is 1. The largest absolute Gasteiger partial charge is 0.321 e. The molecule has 6 heteroatoms. The molecule has 2 rings (SSSR count). The second-order valence-corrected chi connectivity index (χ2v) is 7.22. The maximum atomic E-state index is 13.9. The predicted molar refractivity (Wildman–Crippen MR) is 66.4 cm³/mol. The summed E-state index contributed by atoms with van der Waals surface area (Å²) in [4.78, 5) is 0.206. The van der Waals surface area contributed by atoms with Gasteiger partial charge in [0.25, 0.3) is 0 Å². The quantitative estimate of drug-likeness (QED) is 0.856. The van der Waals surface area contributed by atoms with E-state index in [1.54, 1.807) is 6.26 Å². The van der Waals surface area contributed by atoms with Crippen LogP contribution in [0.1, 0.15) is 18.4 Å². The van der Waals surface area contributed by atoms with Gasteiger partial charge in [0.15, 0.2) is 9.84 Å². The van der Waals surface area contributed by atoms with Gasteiger partial charge in [-0.15, -0.1) is 11.8 Å². The van der Waals surface area contributed by atoms with Crippen LogP contribution in [0.15, 0.2) is 21.9 Å². The molecule has 0 saturated heterocycles. The second kappa shape index (κ2) is 3.96. The summed E-state index contributed by atoms with van der Waals surface area (Å²) in [6.45, 7) is 0. The molecule has 0 heterocycles. The van der Waals surface area contributed by atoms with Gasteiger partial charge in [-0.1, -0.05) is 0 Å². The Kier molecular flexibility index (Phi) is 3.00. The molecule has 1 aromatic carbocycles. The molecule has 0 spiro atoms. The van der Waals surface area contributed by atoms with Crippen LogP contribution in [0.2, 0.25) is 0 Å². The van der Waals surface area contributed by atoms with E-state index in [1.807, 2.05) is 0 Å². The molecule has 1 fully saturated rings. The molecule has 0 bridgehead atoms. The highest BCUT2D eigenvalue weighted by atomic mass is 32.2. The maximum absolute atomic E-state index is 13.9. The van der Waals surface area contributed by atoms with Crippen molar-refractivity contribution in [3.63, 3.8) is 0 Å². The van der Waals surface area contributed by atoms with Crippen molar-refractivity contribution in [3.8, 4) is 0 Å². The summed E-state index contributed by atoms with van der Waals surface area (Å²) in [5, 5.41) is 0. The SMILES string of the molecule is CSc1c(F)cc(C2(N)CC2)cc1S(C)(=O)=O. The molecule has 3 nitrogen and oxygen atoms in total. The number of hydrogen-bond acceptors (Lipinski definition) is 4. The first kappa shape index (κ1) is 12.9. The van der Waals surface area contributed by atoms with Gasteiger partial charge >= 0.3 is 0 Å². The summed E-state index contributed by atoms with van der Waals surface area (Å²) in [6, 6.07) is 2.87. The average molecular weight is 275 g/mol. The van der Waals surface area contributed by atoms with Gasteiger partial charge in [0.05, 0.1) is 9.79 Å². The molecule has 0 atom stereocenters. The molecule has 1 aliphatic carbocycles. The number of thioether (sulfide) groups is 1. The number of nitrogens with two attached hydrogens (primary N) is 1. The number of benzene rings is 1. The van der Waals surface area contributed by atoms with E-state index in [2.05, 4.69) is 0 Å². The highest BCUT2D eigenvalue weighted by Crippen LogP contribution is 2.44. The van der Waals surface area contributed by atoms with Crippen LogP contribution in [0, 0.1) is 5.82 Å². The minimum absolute atomic E-state index is 0.0386. The Balaban J connectivity index is 2.67. The van der Waals surface area contributed by atoms with Crippen molar-refractivity contribution in [2.75, 3.05) is 12.5 Å². The highest BCUT2D eigenvalue weighted by molar-refractivity contribution is 7.99. The smallest absolute Gasteiger partial charge is 0.176 e. The zero-order valence-corrected chi connectivity index (χ0v) is 11.3. The number of halogens is 1. The van der Waals surface area contributed by atoms with Crippen LogP contribution in [0.25, 0.3) is 0 Å². The van der Waals surface area contributed by atoms with E-state index >= 15 is 0 Å². The van der Waals surface area contributed by atoms with Crippen molar-refractivity contribution in [2.24, 2.45) is 5.73 Å². The van der Waals surface area contributed by atoms with Gasteiger partial charge in [-0.05, 0) is 36.8 Å². The Morgan fingerprint density at radius 1 is 1.41 bits per heavy atom. The first-order valence-electron chi connectivity index (χ1n) is 5.15. The summed E-state index contributed by atoms with van der Waals surface area (Å²) in [5.41, 5.74) is 6.02. The van der Waals surface area contributed by atoms with E-state index in [4.69, 9.17) is 5.73 Å². The monoisotopic (exact) mass is 275 g/mol. The Hall–Kier alpha value is -0.590. The van der Waals surface area contributed by atoms with Crippen LogP contribution in [-0.2, 0) is 15.4 Å². The lowest BCUT2D eigenvalue weighted by Gasteiger charge is -2.14. The summed E-state index contributed by atoms with van der Waals surface area (Å²) in [6.07, 6.45) is 4.28. The lowest BCUT2D eigenvalue weighted by Crippen LogP contribution is -2.20. The molecule has 2 N–H and O–H groups in total. The average Bonchev–Trinajstić information content (AvgIpc) is 2.95. The Morgan fingerprint density at radius 2 is 2.00 bits per heavy atom. The van der Waals surface area contributed by atoms with Crippen LogP contribution < -0.4 is 5.73 Å². The summed E-state index contributed by atoms with van der Waals surface area (Å²) >= 11 is 1.09. The van der Waals surface area contributed by atoms with Crippen molar-refractivity contribution < 1.29 is 12.8 Å². The van der Waals surface area contributed by atoms with Crippen molar-refractivity contribution >= 4 is 21.6 Å². The zero-order chi connectivity index (χ0) is 12.8. The van der Waals surface area contributed by atoms with Gasteiger partial charge in [0, 0.05) is 11.8 Å². The molecular formula is C11H14FNO2S2. The fourth-order valence-corrected chi connectivity index (χ4v) is 3.75. The molecule has 0 aliphatic heterocycles. The van der Waals surface area contributed by atoms with Crippen LogP contribution in [0.4, 0.5) is 4.39 Å². The summed E-state index contributed by atoms with van der Waals surface area (Å²) in [5.74, 6) is -0.507. The third-order valence-corrected chi connectivity index (χ3v) is 5.05. The van der Waals surface area contributed by atoms with E-state index in [-0.39, 0.29) is 9.79 Å². The first-order chi connectivity index (χ1) is 7.78. The minimum atomic E-state index is -3.44. The first-order valence-corrected chi connectivity index (χ1v) is 8.26. The molecule has 1 aliphatic rings. The van der Waals surface area contributed by atoms with Crippen molar-refractivity contribution in [3.05, 3.63) is 23.5 Å². The molecule has 1 aromatic rings. The van der Waals surface area contributed by atoms with E-state index in [0.29, 0.717) is 5.56 Å². The zero-order valence-electron chi connectivity index (χ0n) is 9.66. The fourth-order valence-electron chi connectivity index (χ4n) is 1.75. The molecular weight excluding hydrogens is 261 g/mol. The molecule has 94 valence electrons. The minimum Gasteiger partial charge on any atom is -0.321 e. The molecule has 0 unspecified atom stereocenters. The second-order valence-electron chi connectivity index (χ2n) is 4.42. The summed E-state index contributed by atoms with van der Waals surface area (Å²) in [7, 11) is -3.44. The lowest BCUT2D eigenvalue weighted by molar-refractivity contribution is 0.571. The maximum Gasteiger partial charge on any atom is 0.176 e. The summed E-state index contributed by atoms with van der Waals surface area (Å²) < 4.78 is 37.1. The van der Waals surface area contributed by atoms with Crippen molar-refractivity contribution in [1.29, 1.82) is 0 Å². The highest BCUT2D eigenvalue weighted by Gasteiger charge is 2.41. The van der Waals surface area contributed by atoms with Gasteiger partial charge in [0.1, 0.15) is 5.82 Å². The van der Waals surface area contributed by atoms with E-state index < -0.39 is 21.2 Å². The topological polar surface area (TPSA) is 60.2 Å². The normalized spacial score (nSPS) is 18.1. The molecule has 0 amide bonds. The van der Waals surface area contributed by atoms with Crippen molar-refractivity contribution in [2.45, 2.75) is 28.2 Å². The standard InChI is InChI=1S/C11H14FNO2S2/c1-16-10-8(12)5-7(11(13)3-4-11)6-9(10)17(2,14)15/h5-6H,3-4,13H2,1-2H3. The van der Waals surface area contributed by atoms with Crippen LogP contribution >= 0.6 is 11.8 Å². The number of rotatable bonds is 3. The Morgan fingerprint density at radius 3 is 2.41 bits per heavy atom. The van der Waals surface area contributed by atoms with Gasteiger partial charge in [0.2, 0.25) is 0 Å². The molecule has 1 saturated carbocycles. The van der Waals surface area contributed by atoms with Crippen LogP contribution in [0.3, 0.4) is 0 Å². The Bertz CT molecular complexity index is 565. The van der Waals surface area contributed by atoms with Crippen molar-refractivity contribution in [1.82, 2.24) is 0 Å². The molecule has 0 radical (unpaired) electrons. The molecule has 0 aromatic heterocycles. The lowest BCUT2D eigenvalue weighted by atomic mass is 10.1. The number of hydrogen-bond donors (Lipinski definition) is 1. The third kappa shape index (κ3) is 2.34. The third-order valence-electron chi connectivity index (χ3n) is 2.98. The van der Waals surface area contributed by atoms with Gasteiger partial charge in [-0.3, -0.25) is 0 Å². The fraction of sp³-hybridized carbons (Fsp3) is 0.455. The van der Waals surface area contributed by atoms with Gasteiger partial charge in [-0.2, -0.15) is 0 Å². The predicted octanol–water partition coefficient (Wildman–Crippen LogP) is 1.90. The van der Waals surface area contributed by atoms with Gasteiger partial charge in [-0.25, -0.2) is 12.8 Å². The van der Waals surface area contributed by atoms with Crippen LogP contribution in [0.5, 0.6) is 0 Å². The Labute approximate surface area is 105 Å². The van der Waals surface area contributed by atoms with Crippen LogP contribution in [-0.4, -0.2) is 20.9 Å². The van der Waals surface area contributed by atoms with E-state index in [9.17, 15) is 12.8 Å². The molecule has 17 heavy (non-hydrogen) atoms. The van der Waals surface area contributed by atoms with Gasteiger partial charge < -0.3 is 5.73 Å².